The molecule has 0 saturated carbocycles. The molecule has 0 aliphatic carbocycles. The summed E-state index contributed by atoms with van der Waals surface area (Å²) in [6, 6.07) is 0. The van der Waals surface area contributed by atoms with E-state index in [1.165, 1.54) is 13.8 Å². The quantitative estimate of drug-likeness (QED) is 0.315. The van der Waals surface area contributed by atoms with Crippen LogP contribution in [-0.2, 0) is 5.31 Å². The largest absolute Gasteiger partial charge is 0.206 e. The van der Waals surface area contributed by atoms with Gasteiger partial charge in [0.15, 0.2) is 17.5 Å². The minimum Gasteiger partial charge on any atom is -0.206 e. The predicted molar refractivity (Wildman–Crippen MR) is 55.1 cm³/mol. The highest BCUT2D eigenvalue weighted by molar-refractivity contribution is 6.15. The summed E-state index contributed by atoms with van der Waals surface area (Å²) in [5.41, 5.74) is -1.41. The first kappa shape index (κ1) is 12.8. The zero-order valence-corrected chi connectivity index (χ0v) is 8.87. The molecule has 0 unspecified atom stereocenters. The van der Waals surface area contributed by atoms with Gasteiger partial charge in [-0.25, -0.2) is 17.6 Å². The fraction of sp³-hybridized carbons (Fsp3) is 0.273. The molecule has 0 fully saturated rings. The third-order valence-corrected chi connectivity index (χ3v) is 2.15. The van der Waals surface area contributed by atoms with E-state index in [1.54, 1.807) is 0 Å². The highest BCUT2D eigenvalue weighted by Gasteiger charge is 2.30. The second kappa shape index (κ2) is 3.96. The number of benzene rings is 1. The smallest absolute Gasteiger partial charge is 0.195 e. The topological polar surface area (TPSA) is 0 Å². The summed E-state index contributed by atoms with van der Waals surface area (Å²) in [6.45, 7) is 5.72. The van der Waals surface area contributed by atoms with E-state index in [4.69, 9.17) is 7.85 Å². The molecular formula is C11H9BF4. The summed E-state index contributed by atoms with van der Waals surface area (Å²) in [5, 5.41) is -1.46. The van der Waals surface area contributed by atoms with Crippen molar-refractivity contribution in [2.24, 2.45) is 0 Å². The van der Waals surface area contributed by atoms with Crippen molar-refractivity contribution < 1.29 is 17.6 Å². The van der Waals surface area contributed by atoms with E-state index in [0.29, 0.717) is 0 Å². The predicted octanol–water partition coefficient (Wildman–Crippen LogP) is 3.29. The Balaban J connectivity index is 3.76. The molecule has 0 amide bonds. The molecule has 0 aliphatic heterocycles. The van der Waals surface area contributed by atoms with Crippen LogP contribution in [0.1, 0.15) is 25.0 Å². The van der Waals surface area contributed by atoms with Crippen LogP contribution in [-0.4, -0.2) is 7.85 Å². The first-order valence-electron chi connectivity index (χ1n) is 4.49. The van der Waals surface area contributed by atoms with Gasteiger partial charge in [0, 0.05) is 11.1 Å². The summed E-state index contributed by atoms with van der Waals surface area (Å²) in [4.78, 5) is 0. The monoisotopic (exact) mass is 228 g/mol. The average Bonchev–Trinajstić information content (AvgIpc) is 2.13. The molecule has 0 aliphatic rings. The Morgan fingerprint density at radius 1 is 1.00 bits per heavy atom. The lowest BCUT2D eigenvalue weighted by atomic mass is 9.66. The maximum atomic E-state index is 13.7. The Bertz CT molecular complexity index is 447. The lowest BCUT2D eigenvalue weighted by Gasteiger charge is -2.22. The van der Waals surface area contributed by atoms with Gasteiger partial charge in [0.25, 0.3) is 0 Å². The summed E-state index contributed by atoms with van der Waals surface area (Å²) in [5.74, 6) is -6.17. The van der Waals surface area contributed by atoms with Crippen molar-refractivity contribution in [3.05, 3.63) is 41.0 Å². The lowest BCUT2D eigenvalue weighted by molar-refractivity contribution is 0.414. The third kappa shape index (κ3) is 1.86. The molecule has 5 heteroatoms. The molecule has 0 nitrogen and oxygen atoms in total. The van der Waals surface area contributed by atoms with E-state index in [2.05, 4.69) is 6.58 Å². The Hall–Kier alpha value is -1.26. The van der Waals surface area contributed by atoms with Gasteiger partial charge in [0.1, 0.15) is 5.82 Å². The number of halogens is 4. The minimum atomic E-state index is -1.75. The Labute approximate surface area is 92.4 Å². The van der Waals surface area contributed by atoms with Crippen LogP contribution >= 0.6 is 0 Å². The first-order chi connectivity index (χ1) is 7.21. The average molecular weight is 228 g/mol. The van der Waals surface area contributed by atoms with E-state index in [1.807, 2.05) is 0 Å². The van der Waals surface area contributed by atoms with Crippen molar-refractivity contribution in [2.75, 3.05) is 0 Å². The van der Waals surface area contributed by atoms with Gasteiger partial charge in [-0.15, -0.1) is 0 Å². The highest BCUT2D eigenvalue weighted by atomic mass is 19.2. The first-order valence-corrected chi connectivity index (χ1v) is 4.49. The molecule has 1 rings (SSSR count). The Morgan fingerprint density at radius 3 is 1.88 bits per heavy atom. The van der Waals surface area contributed by atoms with Crippen LogP contribution in [0.4, 0.5) is 17.6 Å². The highest BCUT2D eigenvalue weighted by Crippen LogP contribution is 2.31. The van der Waals surface area contributed by atoms with E-state index >= 15 is 0 Å². The summed E-state index contributed by atoms with van der Waals surface area (Å²) < 4.78 is 53.3. The van der Waals surface area contributed by atoms with Crippen LogP contribution < -0.4 is 0 Å². The molecule has 1 aromatic rings. The number of rotatable bonds is 2. The molecule has 84 valence electrons. The van der Waals surface area contributed by atoms with Crippen molar-refractivity contribution in [1.82, 2.24) is 0 Å². The van der Waals surface area contributed by atoms with E-state index < -0.39 is 39.7 Å². The van der Waals surface area contributed by atoms with Gasteiger partial charge in [-0.3, -0.25) is 0 Å². The van der Waals surface area contributed by atoms with E-state index in [9.17, 15) is 17.6 Å². The Morgan fingerprint density at radius 2 is 1.50 bits per heavy atom. The molecule has 0 bridgehead atoms. The van der Waals surface area contributed by atoms with Crippen molar-refractivity contribution in [3.8, 4) is 0 Å². The maximum Gasteiger partial charge on any atom is 0.195 e. The van der Waals surface area contributed by atoms with E-state index in [0.717, 1.165) is 6.08 Å². The summed E-state index contributed by atoms with van der Waals surface area (Å²) in [7, 11) is 5.50. The fourth-order valence-corrected chi connectivity index (χ4v) is 1.40. The van der Waals surface area contributed by atoms with Crippen molar-refractivity contribution in [1.29, 1.82) is 0 Å². The summed E-state index contributed by atoms with van der Waals surface area (Å²) in [6.07, 6.45) is 0.780. The molecule has 1 aromatic carbocycles. The molecule has 0 atom stereocenters. The van der Waals surface area contributed by atoms with Crippen LogP contribution in [0.25, 0.3) is 6.08 Å². The lowest BCUT2D eigenvalue weighted by Crippen LogP contribution is -2.23. The van der Waals surface area contributed by atoms with Gasteiger partial charge in [0.2, 0.25) is 0 Å². The molecule has 0 heterocycles. The van der Waals surface area contributed by atoms with Crippen LogP contribution in [0, 0.1) is 23.3 Å². The standard InChI is InChI=1S/C11H9BF4/c1-4-5-7(13)6(11(2,3)12)9(15)10(16)8(5)14/h4H,1H2,2-3H3. The maximum absolute atomic E-state index is 13.7. The zero-order valence-electron chi connectivity index (χ0n) is 8.87. The number of hydrogen-bond acceptors (Lipinski definition) is 0. The van der Waals surface area contributed by atoms with E-state index in [-0.39, 0.29) is 0 Å². The van der Waals surface area contributed by atoms with Gasteiger partial charge < -0.3 is 0 Å². The molecule has 0 saturated heterocycles. The molecular weight excluding hydrogens is 219 g/mol. The van der Waals surface area contributed by atoms with Crippen LogP contribution in [0.2, 0.25) is 0 Å². The van der Waals surface area contributed by atoms with Crippen LogP contribution in [0.5, 0.6) is 0 Å². The SMILES string of the molecule is [B]C(C)(C)c1c(F)c(F)c(F)c(C=C)c1F. The molecule has 0 spiro atoms. The summed E-state index contributed by atoms with van der Waals surface area (Å²) >= 11 is 0. The zero-order chi connectivity index (χ0) is 12.7. The van der Waals surface area contributed by atoms with Crippen molar-refractivity contribution >= 4 is 13.9 Å². The van der Waals surface area contributed by atoms with Gasteiger partial charge in [-0.1, -0.05) is 26.5 Å². The normalized spacial score (nSPS) is 11.6. The third-order valence-electron chi connectivity index (χ3n) is 2.15. The van der Waals surface area contributed by atoms with Crippen molar-refractivity contribution in [2.45, 2.75) is 19.2 Å². The van der Waals surface area contributed by atoms with Crippen LogP contribution in [0.15, 0.2) is 6.58 Å². The molecule has 2 radical (unpaired) electrons. The molecule has 0 N–H and O–H groups in total. The second-order valence-corrected chi connectivity index (χ2v) is 3.97. The minimum absolute atomic E-state index is 0.693. The van der Waals surface area contributed by atoms with Gasteiger partial charge in [0.05, 0.1) is 7.85 Å². The fourth-order valence-electron chi connectivity index (χ4n) is 1.40. The number of hydrogen-bond donors (Lipinski definition) is 0. The molecule has 16 heavy (non-hydrogen) atoms. The van der Waals surface area contributed by atoms with Crippen LogP contribution in [0.3, 0.4) is 0 Å². The van der Waals surface area contributed by atoms with Gasteiger partial charge in [-0.05, 0) is 5.31 Å². The van der Waals surface area contributed by atoms with Gasteiger partial charge in [-0.2, -0.15) is 0 Å². The van der Waals surface area contributed by atoms with Crippen molar-refractivity contribution in [3.63, 3.8) is 0 Å². The Kier molecular flexibility index (Phi) is 3.17. The second-order valence-electron chi connectivity index (χ2n) is 3.97. The van der Waals surface area contributed by atoms with Gasteiger partial charge >= 0.3 is 0 Å². The molecule has 0 aromatic heterocycles.